The van der Waals surface area contributed by atoms with Crippen LogP contribution in [0.15, 0.2) is 60.9 Å². The van der Waals surface area contributed by atoms with Crippen molar-refractivity contribution in [3.05, 3.63) is 83.4 Å². The van der Waals surface area contributed by atoms with Crippen molar-refractivity contribution in [3.63, 3.8) is 0 Å². The van der Waals surface area contributed by atoms with Gasteiger partial charge in [0.2, 0.25) is 6.04 Å². The number of hydrogen-bond acceptors (Lipinski definition) is 4. The molecule has 1 atom stereocenters. The number of allylic oxidation sites excluding steroid dienone is 1. The molecular formula is C23H20N3O3+. The minimum absolute atomic E-state index is 0.0000380. The normalized spacial score (nSPS) is 19.8. The maximum atomic E-state index is 13.4. The molecule has 2 aromatic carbocycles. The summed E-state index contributed by atoms with van der Waals surface area (Å²) in [5.41, 5.74) is 3.60. The van der Waals surface area contributed by atoms with Crippen molar-refractivity contribution in [2.24, 2.45) is 0 Å². The maximum absolute atomic E-state index is 13.4. The number of fused-ring (bicyclic) bond motifs is 2. The lowest BCUT2D eigenvalue weighted by Crippen LogP contribution is -2.28. The first kappa shape index (κ1) is 17.4. The predicted octanol–water partition coefficient (Wildman–Crippen LogP) is 3.32. The lowest BCUT2D eigenvalue weighted by atomic mass is 9.97. The number of amides is 1. The Labute approximate surface area is 168 Å². The molecule has 3 aromatic rings. The Bertz CT molecular complexity index is 1190. The quantitative estimate of drug-likeness (QED) is 0.648. The molecule has 1 aromatic heterocycles. The van der Waals surface area contributed by atoms with Crippen molar-refractivity contribution < 1.29 is 18.8 Å². The summed E-state index contributed by atoms with van der Waals surface area (Å²) in [6.07, 6.45) is 8.21. The zero-order valence-corrected chi connectivity index (χ0v) is 16.2. The number of rotatable bonds is 3. The summed E-state index contributed by atoms with van der Waals surface area (Å²) in [4.78, 5) is 17.8. The molecule has 6 heteroatoms. The largest absolute Gasteiger partial charge is 0.493 e. The van der Waals surface area contributed by atoms with Gasteiger partial charge in [0, 0.05) is 35.8 Å². The first-order chi connectivity index (χ1) is 14.2. The van der Waals surface area contributed by atoms with Crippen LogP contribution in [0.3, 0.4) is 0 Å². The average Bonchev–Trinajstić information content (AvgIpc) is 3.35. The molecule has 0 aliphatic carbocycles. The molecule has 0 bridgehead atoms. The predicted molar refractivity (Wildman–Crippen MR) is 109 cm³/mol. The van der Waals surface area contributed by atoms with E-state index in [1.54, 1.807) is 20.4 Å². The summed E-state index contributed by atoms with van der Waals surface area (Å²) in [6, 6.07) is 13.4. The Morgan fingerprint density at radius 1 is 1.10 bits per heavy atom. The van der Waals surface area contributed by atoms with Crippen LogP contribution in [0.1, 0.15) is 33.4 Å². The second-order valence-corrected chi connectivity index (χ2v) is 7.01. The van der Waals surface area contributed by atoms with E-state index in [1.165, 1.54) is 0 Å². The summed E-state index contributed by atoms with van der Waals surface area (Å²) in [7, 11) is 3.23. The van der Waals surface area contributed by atoms with Crippen LogP contribution in [0.5, 0.6) is 11.5 Å². The molecule has 0 radical (unpaired) electrons. The van der Waals surface area contributed by atoms with Crippen LogP contribution in [-0.4, -0.2) is 40.0 Å². The SMILES string of the molecule is COc1ccc([C@H]2c3ccccc3C(=O)[N+]2=C2C=Cn3ccnc3C2)cc1OC. The number of methoxy groups -OCH3 is 2. The smallest absolute Gasteiger partial charge is 0.421 e. The Morgan fingerprint density at radius 3 is 2.76 bits per heavy atom. The van der Waals surface area contributed by atoms with E-state index in [4.69, 9.17) is 9.47 Å². The molecule has 0 N–H and O–H groups in total. The number of benzene rings is 2. The second kappa shape index (κ2) is 6.74. The van der Waals surface area contributed by atoms with Gasteiger partial charge in [-0.15, -0.1) is 4.58 Å². The van der Waals surface area contributed by atoms with Gasteiger partial charge in [-0.2, -0.15) is 0 Å². The van der Waals surface area contributed by atoms with Crippen LogP contribution in [0.2, 0.25) is 0 Å². The van der Waals surface area contributed by atoms with Crippen LogP contribution in [-0.2, 0) is 6.42 Å². The first-order valence-electron chi connectivity index (χ1n) is 9.41. The van der Waals surface area contributed by atoms with Gasteiger partial charge in [0.05, 0.1) is 20.6 Å². The number of carbonyl (C=O) groups is 1. The van der Waals surface area contributed by atoms with Crippen molar-refractivity contribution in [2.75, 3.05) is 14.2 Å². The number of nitrogens with zero attached hydrogens (tertiary/aromatic N) is 3. The molecule has 3 heterocycles. The van der Waals surface area contributed by atoms with Crippen molar-refractivity contribution in [1.82, 2.24) is 9.55 Å². The average molecular weight is 386 g/mol. The standard InChI is InChI=1S/C23H20N3O3/c1-28-19-8-7-15(13-20(19)29-2)22-17-5-3-4-6-18(17)23(27)26(22)16-9-11-25-12-10-24-21(25)14-16/h3-13,22H,14H2,1-2H3/q+1/t22-/m0/s1. The molecule has 0 unspecified atom stereocenters. The van der Waals surface area contributed by atoms with E-state index in [9.17, 15) is 4.79 Å². The van der Waals surface area contributed by atoms with Gasteiger partial charge in [0.15, 0.2) is 17.2 Å². The van der Waals surface area contributed by atoms with Gasteiger partial charge in [0.1, 0.15) is 11.4 Å². The zero-order valence-electron chi connectivity index (χ0n) is 16.2. The van der Waals surface area contributed by atoms with E-state index in [1.807, 2.05) is 70.1 Å². The fourth-order valence-electron chi connectivity index (χ4n) is 4.13. The van der Waals surface area contributed by atoms with Crippen LogP contribution < -0.4 is 9.47 Å². The highest BCUT2D eigenvalue weighted by atomic mass is 16.5. The molecule has 0 saturated heterocycles. The molecule has 29 heavy (non-hydrogen) atoms. The van der Waals surface area contributed by atoms with Crippen LogP contribution >= 0.6 is 0 Å². The summed E-state index contributed by atoms with van der Waals surface area (Å²) in [6.45, 7) is 0. The lowest BCUT2D eigenvalue weighted by Gasteiger charge is -2.15. The Kier molecular flexibility index (Phi) is 4.05. The van der Waals surface area contributed by atoms with Gasteiger partial charge in [0.25, 0.3) is 0 Å². The fraction of sp³-hybridized carbons (Fsp3) is 0.174. The molecular weight excluding hydrogens is 366 g/mol. The number of aromatic nitrogens is 2. The highest BCUT2D eigenvalue weighted by Gasteiger charge is 2.45. The van der Waals surface area contributed by atoms with Crippen molar-refractivity contribution in [1.29, 1.82) is 0 Å². The topological polar surface area (TPSA) is 56.4 Å². The second-order valence-electron chi connectivity index (χ2n) is 7.01. The van der Waals surface area contributed by atoms with E-state index >= 15 is 0 Å². The van der Waals surface area contributed by atoms with Gasteiger partial charge in [-0.3, -0.25) is 0 Å². The molecule has 2 aliphatic rings. The Hall–Kier alpha value is -3.67. The third kappa shape index (κ3) is 2.68. The molecule has 144 valence electrons. The molecule has 1 amide bonds. The highest BCUT2D eigenvalue weighted by Crippen LogP contribution is 2.39. The molecule has 5 rings (SSSR count). The number of hydrogen-bond donors (Lipinski definition) is 0. The molecule has 0 spiro atoms. The van der Waals surface area contributed by atoms with Crippen LogP contribution in [0.25, 0.3) is 6.20 Å². The maximum Gasteiger partial charge on any atom is 0.421 e. The minimum atomic E-state index is -0.236. The van der Waals surface area contributed by atoms with Crippen LogP contribution in [0.4, 0.5) is 0 Å². The van der Waals surface area contributed by atoms with E-state index in [2.05, 4.69) is 4.98 Å². The van der Waals surface area contributed by atoms with Crippen LogP contribution in [0, 0.1) is 0 Å². The van der Waals surface area contributed by atoms with Crippen molar-refractivity contribution in [2.45, 2.75) is 12.5 Å². The van der Waals surface area contributed by atoms with Crippen molar-refractivity contribution >= 4 is 17.8 Å². The van der Waals surface area contributed by atoms with Gasteiger partial charge >= 0.3 is 5.91 Å². The number of carbonyl (C=O) groups excluding carboxylic acids is 1. The Morgan fingerprint density at radius 2 is 1.93 bits per heavy atom. The van der Waals surface area contributed by atoms with Gasteiger partial charge < -0.3 is 14.0 Å². The summed E-state index contributed by atoms with van der Waals surface area (Å²) in [5.74, 6) is 2.21. The van der Waals surface area contributed by atoms with E-state index < -0.39 is 0 Å². The third-order valence-corrected chi connectivity index (χ3v) is 5.51. The zero-order chi connectivity index (χ0) is 20.0. The number of imidazole rings is 1. The summed E-state index contributed by atoms with van der Waals surface area (Å²) >= 11 is 0. The molecule has 0 saturated carbocycles. The first-order valence-corrected chi connectivity index (χ1v) is 9.41. The third-order valence-electron chi connectivity index (χ3n) is 5.51. The van der Waals surface area contributed by atoms with Crippen molar-refractivity contribution in [3.8, 4) is 11.5 Å². The highest BCUT2D eigenvalue weighted by molar-refractivity contribution is 6.03. The molecule has 0 fully saturated rings. The van der Waals surface area contributed by atoms with E-state index in [0.717, 1.165) is 28.2 Å². The number of ether oxygens (including phenoxy) is 2. The van der Waals surface area contributed by atoms with Gasteiger partial charge in [-0.25, -0.2) is 9.78 Å². The molecule has 2 aliphatic heterocycles. The lowest BCUT2D eigenvalue weighted by molar-refractivity contribution is -0.458. The molecule has 6 nitrogen and oxygen atoms in total. The van der Waals surface area contributed by atoms with Gasteiger partial charge in [-0.1, -0.05) is 18.2 Å². The Balaban J connectivity index is 1.71. The summed E-state index contributed by atoms with van der Waals surface area (Å²) in [5, 5.41) is 0. The van der Waals surface area contributed by atoms with E-state index in [-0.39, 0.29) is 11.9 Å². The fourth-order valence-corrected chi connectivity index (χ4v) is 4.13. The van der Waals surface area contributed by atoms with Gasteiger partial charge in [-0.05, 0) is 24.3 Å². The monoisotopic (exact) mass is 386 g/mol. The van der Waals surface area contributed by atoms with E-state index in [0.29, 0.717) is 17.9 Å². The summed E-state index contributed by atoms with van der Waals surface area (Å²) < 4.78 is 14.7. The minimum Gasteiger partial charge on any atom is -0.493 e.